The number of carbonyl (C=O) groups is 1. The van der Waals surface area contributed by atoms with Crippen molar-refractivity contribution < 1.29 is 9.63 Å². The Morgan fingerprint density at radius 2 is 2.35 bits per heavy atom. The number of hydrogen-bond donors (Lipinski definition) is 2. The summed E-state index contributed by atoms with van der Waals surface area (Å²) in [6.07, 6.45) is 1.79. The van der Waals surface area contributed by atoms with Gasteiger partial charge in [0.15, 0.2) is 0 Å². The molecule has 1 heterocycles. The van der Waals surface area contributed by atoms with E-state index in [9.17, 15) is 4.79 Å². The van der Waals surface area contributed by atoms with Crippen molar-refractivity contribution in [3.63, 3.8) is 0 Å². The number of nitrogens with zero attached hydrogens (tertiary/aromatic N) is 1. The number of nitrogens with one attached hydrogen (secondary N) is 1. The average molecular weight is 273 g/mol. The fourth-order valence-electron chi connectivity index (χ4n) is 1.00. The van der Waals surface area contributed by atoms with Gasteiger partial charge in [0.1, 0.15) is 6.61 Å². The number of hydrogen-bond acceptors (Lipinski definition) is 6. The van der Waals surface area contributed by atoms with E-state index in [0.717, 1.165) is 17.2 Å². The highest BCUT2D eigenvalue weighted by Gasteiger charge is 1.99. The molecule has 1 aromatic rings. The van der Waals surface area contributed by atoms with Gasteiger partial charge in [-0.3, -0.25) is 14.6 Å². The molecule has 0 aliphatic heterocycles. The molecular weight excluding hydrogens is 258 g/mol. The van der Waals surface area contributed by atoms with Gasteiger partial charge < -0.3 is 5.32 Å². The van der Waals surface area contributed by atoms with Crippen LogP contribution in [0.3, 0.4) is 0 Å². The van der Waals surface area contributed by atoms with E-state index in [0.29, 0.717) is 6.54 Å². The highest BCUT2D eigenvalue weighted by molar-refractivity contribution is 8.76. The minimum atomic E-state index is -0.192. The quantitative estimate of drug-likeness (QED) is 0.417. The highest BCUT2D eigenvalue weighted by atomic mass is 33.1. The zero-order chi connectivity index (χ0) is 12.3. The van der Waals surface area contributed by atoms with Gasteiger partial charge in [0.05, 0.1) is 5.69 Å². The number of nitrogens with two attached hydrogens (primary N) is 1. The number of amides is 1. The normalized spacial score (nSPS) is 10.2. The molecule has 0 radical (unpaired) electrons. The number of pyridine rings is 1. The maximum atomic E-state index is 11.0. The van der Waals surface area contributed by atoms with E-state index >= 15 is 0 Å². The zero-order valence-corrected chi connectivity index (χ0v) is 10.9. The Hall–Kier alpha value is -0.760. The van der Waals surface area contributed by atoms with Crippen LogP contribution in [0.15, 0.2) is 24.4 Å². The molecule has 0 atom stereocenters. The first-order chi connectivity index (χ1) is 8.33. The molecule has 94 valence electrons. The largest absolute Gasteiger partial charge is 0.353 e. The van der Waals surface area contributed by atoms with E-state index < -0.39 is 0 Å². The summed E-state index contributed by atoms with van der Waals surface area (Å²) in [5.41, 5.74) is 1.06. The number of carbonyl (C=O) groups excluding carboxylic acids is 1. The van der Waals surface area contributed by atoms with Crippen molar-refractivity contribution in [3.05, 3.63) is 30.1 Å². The van der Waals surface area contributed by atoms with Crippen LogP contribution in [0.1, 0.15) is 5.69 Å². The summed E-state index contributed by atoms with van der Waals surface area (Å²) in [5.74, 6) is 6.28. The first-order valence-corrected chi connectivity index (χ1v) is 7.54. The summed E-state index contributed by atoms with van der Waals surface area (Å²) in [6.45, 7) is 0.522. The van der Waals surface area contributed by atoms with Crippen molar-refractivity contribution in [1.82, 2.24) is 10.3 Å². The van der Waals surface area contributed by atoms with Gasteiger partial charge >= 0.3 is 0 Å². The standard InChI is InChI=1S/C10H15N3O2S2/c11-15-7-10(14)13-5-6-16-17-8-9-3-1-2-4-12-9/h1-4H,5-8,11H2,(H,13,14). The van der Waals surface area contributed by atoms with Crippen LogP contribution in [0.5, 0.6) is 0 Å². The monoisotopic (exact) mass is 273 g/mol. The topological polar surface area (TPSA) is 77.2 Å². The Bertz CT molecular complexity index is 325. The van der Waals surface area contributed by atoms with Crippen LogP contribution in [0, 0.1) is 0 Å². The molecule has 0 saturated carbocycles. The van der Waals surface area contributed by atoms with Crippen LogP contribution in [0.4, 0.5) is 0 Å². The Kier molecular flexibility index (Phi) is 7.81. The highest BCUT2D eigenvalue weighted by Crippen LogP contribution is 2.24. The molecule has 0 unspecified atom stereocenters. The van der Waals surface area contributed by atoms with Crippen molar-refractivity contribution in [2.75, 3.05) is 18.9 Å². The Balaban J connectivity index is 1.96. The fraction of sp³-hybridized carbons (Fsp3) is 0.400. The smallest absolute Gasteiger partial charge is 0.248 e. The molecule has 5 nitrogen and oxygen atoms in total. The van der Waals surface area contributed by atoms with Gasteiger partial charge in [-0.05, 0) is 12.1 Å². The lowest BCUT2D eigenvalue weighted by Crippen LogP contribution is -2.30. The minimum absolute atomic E-state index is 0.0915. The third kappa shape index (κ3) is 7.22. The number of rotatable bonds is 8. The maximum Gasteiger partial charge on any atom is 0.248 e. The Morgan fingerprint density at radius 3 is 3.06 bits per heavy atom. The molecule has 0 aliphatic carbocycles. The van der Waals surface area contributed by atoms with Gasteiger partial charge in [-0.2, -0.15) is 0 Å². The summed E-state index contributed by atoms with van der Waals surface area (Å²) in [5, 5.41) is 2.69. The Morgan fingerprint density at radius 1 is 1.47 bits per heavy atom. The van der Waals surface area contributed by atoms with E-state index in [-0.39, 0.29) is 12.5 Å². The van der Waals surface area contributed by atoms with Crippen molar-refractivity contribution >= 4 is 27.5 Å². The molecule has 0 spiro atoms. The molecule has 7 heteroatoms. The first kappa shape index (κ1) is 14.3. The molecule has 0 fully saturated rings. The second-order valence-electron chi connectivity index (χ2n) is 3.07. The van der Waals surface area contributed by atoms with Crippen LogP contribution >= 0.6 is 21.6 Å². The van der Waals surface area contributed by atoms with Crippen LogP contribution in [0.2, 0.25) is 0 Å². The summed E-state index contributed by atoms with van der Waals surface area (Å²) >= 11 is 0. The molecule has 0 saturated heterocycles. The van der Waals surface area contributed by atoms with Gasteiger partial charge in [0.25, 0.3) is 0 Å². The fourth-order valence-corrected chi connectivity index (χ4v) is 2.90. The molecule has 3 N–H and O–H groups in total. The molecule has 1 rings (SSSR count). The van der Waals surface area contributed by atoms with Crippen LogP contribution in [-0.2, 0) is 15.4 Å². The van der Waals surface area contributed by atoms with Crippen molar-refractivity contribution in [3.8, 4) is 0 Å². The summed E-state index contributed by atoms with van der Waals surface area (Å²) in [7, 11) is 3.42. The van der Waals surface area contributed by atoms with Gasteiger partial charge in [0, 0.05) is 24.2 Å². The van der Waals surface area contributed by atoms with Crippen LogP contribution < -0.4 is 11.2 Å². The van der Waals surface area contributed by atoms with Crippen molar-refractivity contribution in [2.24, 2.45) is 5.90 Å². The van der Waals surface area contributed by atoms with E-state index in [4.69, 9.17) is 5.90 Å². The second kappa shape index (κ2) is 9.29. The summed E-state index contributed by atoms with van der Waals surface area (Å²) in [4.78, 5) is 19.4. The van der Waals surface area contributed by atoms with Crippen LogP contribution in [0.25, 0.3) is 0 Å². The SMILES string of the molecule is NOCC(=O)NCCSSCc1ccccn1. The molecule has 0 aromatic carbocycles. The second-order valence-corrected chi connectivity index (χ2v) is 5.65. The molecule has 1 aromatic heterocycles. The van der Waals surface area contributed by atoms with Gasteiger partial charge in [0.2, 0.25) is 5.91 Å². The zero-order valence-electron chi connectivity index (χ0n) is 9.30. The van der Waals surface area contributed by atoms with Gasteiger partial charge in [-0.15, -0.1) is 0 Å². The van der Waals surface area contributed by atoms with Gasteiger partial charge in [-0.1, -0.05) is 27.7 Å². The first-order valence-electron chi connectivity index (χ1n) is 5.05. The van der Waals surface area contributed by atoms with Gasteiger partial charge in [-0.25, -0.2) is 5.90 Å². The van der Waals surface area contributed by atoms with Crippen LogP contribution in [-0.4, -0.2) is 29.8 Å². The summed E-state index contributed by atoms with van der Waals surface area (Å²) in [6, 6.07) is 5.87. The summed E-state index contributed by atoms with van der Waals surface area (Å²) < 4.78 is 0. The Labute approximate surface area is 108 Å². The third-order valence-corrected chi connectivity index (χ3v) is 4.04. The maximum absolute atomic E-state index is 11.0. The molecule has 0 bridgehead atoms. The molecule has 1 amide bonds. The molecule has 0 aliphatic rings. The van der Waals surface area contributed by atoms with Crippen molar-refractivity contribution in [1.29, 1.82) is 0 Å². The predicted octanol–water partition coefficient (Wildman–Crippen LogP) is 0.969. The minimum Gasteiger partial charge on any atom is -0.353 e. The molecular formula is C10H15N3O2S2. The van der Waals surface area contributed by atoms with E-state index in [2.05, 4.69) is 15.1 Å². The molecule has 17 heavy (non-hydrogen) atoms. The van der Waals surface area contributed by atoms with E-state index in [1.165, 1.54) is 0 Å². The van der Waals surface area contributed by atoms with Crippen molar-refractivity contribution in [2.45, 2.75) is 5.75 Å². The lowest BCUT2D eigenvalue weighted by molar-refractivity contribution is -0.125. The number of aromatic nitrogens is 1. The lowest BCUT2D eigenvalue weighted by atomic mass is 10.4. The lowest BCUT2D eigenvalue weighted by Gasteiger charge is -2.03. The average Bonchev–Trinajstić information content (AvgIpc) is 2.35. The van der Waals surface area contributed by atoms with E-state index in [1.54, 1.807) is 27.8 Å². The predicted molar refractivity (Wildman–Crippen MR) is 71.1 cm³/mol. The van der Waals surface area contributed by atoms with E-state index in [1.807, 2.05) is 18.2 Å². The third-order valence-electron chi connectivity index (χ3n) is 1.74.